The predicted octanol–water partition coefficient (Wildman–Crippen LogP) is 2.75. The van der Waals surface area contributed by atoms with Gasteiger partial charge in [0, 0.05) is 13.0 Å². The molecule has 4 rings (SSSR count). The van der Waals surface area contributed by atoms with E-state index in [0.717, 1.165) is 48.9 Å². The molecule has 2 aromatic heterocycles. The minimum Gasteiger partial charge on any atom is -0.493 e. The van der Waals surface area contributed by atoms with Gasteiger partial charge in [0.1, 0.15) is 17.1 Å². The van der Waals surface area contributed by atoms with Crippen molar-refractivity contribution >= 4 is 16.9 Å². The largest absolute Gasteiger partial charge is 0.493 e. The number of nitrogens with one attached hydrogen (secondary N) is 2. The lowest BCUT2D eigenvalue weighted by Gasteiger charge is -2.33. The number of aryl methyl sites for hydroxylation is 2. The van der Waals surface area contributed by atoms with E-state index in [0.29, 0.717) is 35.1 Å². The molecule has 0 bridgehead atoms. The summed E-state index contributed by atoms with van der Waals surface area (Å²) >= 11 is 0. The highest BCUT2D eigenvalue weighted by atomic mass is 16.5. The van der Waals surface area contributed by atoms with Crippen LogP contribution < -0.4 is 15.8 Å². The Labute approximate surface area is 185 Å². The molecule has 0 radical (unpaired) electrons. The van der Waals surface area contributed by atoms with Crippen molar-refractivity contribution in [3.8, 4) is 17.1 Å². The average molecular weight is 440 g/mol. The number of ether oxygens (including phenoxy) is 1. The van der Waals surface area contributed by atoms with Gasteiger partial charge in [0.05, 0.1) is 17.9 Å². The van der Waals surface area contributed by atoms with Crippen molar-refractivity contribution in [2.24, 2.45) is 18.9 Å². The molecular weight excluding hydrogens is 410 g/mol. The van der Waals surface area contributed by atoms with E-state index < -0.39 is 0 Å². The van der Waals surface area contributed by atoms with E-state index in [-0.39, 0.29) is 17.4 Å². The van der Waals surface area contributed by atoms with E-state index in [9.17, 15) is 9.59 Å². The zero-order chi connectivity index (χ0) is 22.8. The predicted molar refractivity (Wildman–Crippen MR) is 120 cm³/mol. The van der Waals surface area contributed by atoms with Crippen LogP contribution >= 0.6 is 0 Å². The number of H-pyrrole nitrogens is 1. The highest BCUT2D eigenvalue weighted by molar-refractivity contribution is 5.80. The fourth-order valence-corrected chi connectivity index (χ4v) is 4.49. The summed E-state index contributed by atoms with van der Waals surface area (Å²) in [7, 11) is 1.76. The Hall–Kier alpha value is -3.20. The van der Waals surface area contributed by atoms with Crippen molar-refractivity contribution in [1.82, 2.24) is 25.2 Å². The molecule has 2 heterocycles. The van der Waals surface area contributed by atoms with Crippen LogP contribution in [0.5, 0.6) is 5.75 Å². The lowest BCUT2D eigenvalue weighted by atomic mass is 9.72. The van der Waals surface area contributed by atoms with Crippen LogP contribution in [0.3, 0.4) is 0 Å². The summed E-state index contributed by atoms with van der Waals surface area (Å²) in [6.07, 6.45) is 3.94. The van der Waals surface area contributed by atoms with Crippen LogP contribution in [0.15, 0.2) is 23.0 Å². The summed E-state index contributed by atoms with van der Waals surface area (Å²) in [6, 6.07) is 5.92. The van der Waals surface area contributed by atoms with E-state index in [1.807, 2.05) is 25.1 Å². The van der Waals surface area contributed by atoms with Crippen molar-refractivity contribution in [3.05, 3.63) is 39.8 Å². The first-order valence-corrected chi connectivity index (χ1v) is 11.1. The maximum atomic E-state index is 12.9. The number of fused-ring (bicyclic) bond motifs is 1. The molecule has 1 amide bonds. The van der Waals surface area contributed by atoms with Gasteiger partial charge in [-0.05, 0) is 56.2 Å². The van der Waals surface area contributed by atoms with Crippen LogP contribution in [-0.2, 0) is 24.7 Å². The summed E-state index contributed by atoms with van der Waals surface area (Å²) in [5.74, 6) is 1.04. The molecule has 1 fully saturated rings. The Bertz CT molecular complexity index is 1190. The van der Waals surface area contributed by atoms with Crippen LogP contribution in [0.25, 0.3) is 22.4 Å². The fraction of sp³-hybridized carbons (Fsp3) is 0.478. The summed E-state index contributed by atoms with van der Waals surface area (Å²) in [6.45, 7) is 4.48. The molecule has 0 aliphatic heterocycles. The van der Waals surface area contributed by atoms with Crippen LogP contribution in [0, 0.1) is 11.8 Å². The number of amides is 1. The topological polar surface area (TPSA) is 122 Å². The molecule has 1 saturated carbocycles. The number of aromatic nitrogens is 4. The molecule has 1 aliphatic carbocycles. The lowest BCUT2D eigenvalue weighted by Crippen LogP contribution is -2.38. The maximum absolute atomic E-state index is 12.9. The monoisotopic (exact) mass is 439 g/mol. The molecule has 0 saturated heterocycles. The number of hydrogen-bond donors (Lipinski definition) is 3. The van der Waals surface area contributed by atoms with Gasteiger partial charge < -0.3 is 9.72 Å². The standard InChI is InChI=1S/C23H29N5O4/c1-4-6-17-19-20(28(3)26-17)23(30)25-21(24-19)16-12-13(7-8-18(16)32-5-2)9-14-10-15(11-14)22(29)27-31/h7-8,12,14-15,31H,4-6,9-11H2,1-3H3,(H,27,29)(H,24,25,30)/t14-,15+. The van der Waals surface area contributed by atoms with Gasteiger partial charge in [-0.2, -0.15) is 5.10 Å². The second kappa shape index (κ2) is 9.12. The molecule has 170 valence electrons. The SMILES string of the molecule is CCCc1nn(C)c2c(=O)[nH]c(-c3cc(C[C@H]4C[C@@H](C(=O)NO)C4)ccc3OCC)nc12. The Morgan fingerprint density at radius 2 is 2.12 bits per heavy atom. The summed E-state index contributed by atoms with van der Waals surface area (Å²) in [5.41, 5.74) is 5.23. The number of carbonyl (C=O) groups is 1. The molecule has 1 aliphatic rings. The summed E-state index contributed by atoms with van der Waals surface area (Å²) < 4.78 is 7.41. The highest BCUT2D eigenvalue weighted by Gasteiger charge is 2.34. The molecule has 9 nitrogen and oxygen atoms in total. The van der Waals surface area contributed by atoms with Gasteiger partial charge in [0.15, 0.2) is 5.52 Å². The first kappa shape index (κ1) is 22.0. The number of benzene rings is 1. The van der Waals surface area contributed by atoms with Gasteiger partial charge in [-0.25, -0.2) is 10.5 Å². The third-order valence-corrected chi connectivity index (χ3v) is 6.09. The molecule has 3 N–H and O–H groups in total. The summed E-state index contributed by atoms with van der Waals surface area (Å²) in [4.78, 5) is 32.1. The molecule has 32 heavy (non-hydrogen) atoms. The number of hydroxylamine groups is 1. The van der Waals surface area contributed by atoms with Gasteiger partial charge in [-0.1, -0.05) is 19.4 Å². The van der Waals surface area contributed by atoms with Crippen LogP contribution in [0.4, 0.5) is 0 Å². The molecule has 9 heteroatoms. The Balaban J connectivity index is 1.69. The molecule has 1 aromatic carbocycles. The first-order chi connectivity index (χ1) is 15.4. The second-order valence-corrected chi connectivity index (χ2v) is 8.41. The zero-order valence-electron chi connectivity index (χ0n) is 18.6. The maximum Gasteiger partial charge on any atom is 0.277 e. The van der Waals surface area contributed by atoms with Crippen LogP contribution in [0.2, 0.25) is 0 Å². The number of hydrogen-bond acceptors (Lipinski definition) is 6. The van der Waals surface area contributed by atoms with Crippen molar-refractivity contribution in [2.45, 2.75) is 46.0 Å². The number of aromatic amines is 1. The smallest absolute Gasteiger partial charge is 0.277 e. The van der Waals surface area contributed by atoms with Gasteiger partial charge in [-0.15, -0.1) is 0 Å². The quantitative estimate of drug-likeness (QED) is 0.366. The van der Waals surface area contributed by atoms with Crippen molar-refractivity contribution in [1.29, 1.82) is 0 Å². The minimum atomic E-state index is -0.317. The molecular formula is C23H29N5O4. The van der Waals surface area contributed by atoms with Crippen LogP contribution in [0.1, 0.15) is 44.4 Å². The summed E-state index contributed by atoms with van der Waals surface area (Å²) in [5, 5.41) is 13.3. The molecule has 0 spiro atoms. The highest BCUT2D eigenvalue weighted by Crippen LogP contribution is 2.38. The Morgan fingerprint density at radius 3 is 2.81 bits per heavy atom. The fourth-order valence-electron chi connectivity index (χ4n) is 4.49. The minimum absolute atomic E-state index is 0.129. The van der Waals surface area contributed by atoms with E-state index in [1.165, 1.54) is 0 Å². The molecule has 0 atom stereocenters. The van der Waals surface area contributed by atoms with E-state index in [2.05, 4.69) is 17.0 Å². The van der Waals surface area contributed by atoms with Gasteiger partial charge in [0.25, 0.3) is 5.56 Å². The van der Waals surface area contributed by atoms with Gasteiger partial charge >= 0.3 is 0 Å². The number of rotatable bonds is 8. The molecule has 3 aromatic rings. The third kappa shape index (κ3) is 4.12. The Kier molecular flexibility index (Phi) is 6.27. The lowest BCUT2D eigenvalue weighted by molar-refractivity contribution is -0.137. The van der Waals surface area contributed by atoms with Crippen LogP contribution in [-0.4, -0.2) is 37.5 Å². The number of carbonyl (C=O) groups excluding carboxylic acids is 1. The van der Waals surface area contributed by atoms with Gasteiger partial charge in [-0.3, -0.25) is 19.5 Å². The normalized spacial score (nSPS) is 17.9. The average Bonchev–Trinajstić information content (AvgIpc) is 3.07. The first-order valence-electron chi connectivity index (χ1n) is 11.1. The third-order valence-electron chi connectivity index (χ3n) is 6.09. The second-order valence-electron chi connectivity index (χ2n) is 8.41. The van der Waals surface area contributed by atoms with Crippen molar-refractivity contribution < 1.29 is 14.7 Å². The van der Waals surface area contributed by atoms with E-state index in [4.69, 9.17) is 14.9 Å². The van der Waals surface area contributed by atoms with Crippen molar-refractivity contribution in [2.75, 3.05) is 6.61 Å². The van der Waals surface area contributed by atoms with Gasteiger partial charge in [0.2, 0.25) is 5.91 Å². The van der Waals surface area contributed by atoms with Crippen molar-refractivity contribution in [3.63, 3.8) is 0 Å². The van der Waals surface area contributed by atoms with E-state index in [1.54, 1.807) is 17.2 Å². The Morgan fingerprint density at radius 1 is 1.34 bits per heavy atom. The number of nitrogens with zero attached hydrogens (tertiary/aromatic N) is 3. The molecule has 0 unspecified atom stereocenters. The van der Waals surface area contributed by atoms with E-state index >= 15 is 0 Å². The zero-order valence-corrected chi connectivity index (χ0v) is 18.6.